The summed E-state index contributed by atoms with van der Waals surface area (Å²) >= 11 is 0. The first-order valence-electron chi connectivity index (χ1n) is 6.85. The van der Waals surface area contributed by atoms with E-state index in [0.717, 1.165) is 19.5 Å². The van der Waals surface area contributed by atoms with Crippen molar-refractivity contribution in [3.05, 3.63) is 0 Å². The number of ether oxygens (including phenoxy) is 1. The molecule has 0 spiro atoms. The fourth-order valence-corrected chi connectivity index (χ4v) is 2.00. The van der Waals surface area contributed by atoms with Crippen LogP contribution in [0.25, 0.3) is 0 Å². The summed E-state index contributed by atoms with van der Waals surface area (Å²) in [5, 5.41) is 5.96. The zero-order valence-electron chi connectivity index (χ0n) is 12.1. The third-order valence-electron chi connectivity index (χ3n) is 3.29. The maximum atomic E-state index is 12.1. The third-order valence-corrected chi connectivity index (χ3v) is 3.29. The smallest absolute Gasteiger partial charge is 0.311 e. The number of carbonyl (C=O) groups is 2. The molecule has 0 aromatic rings. The van der Waals surface area contributed by atoms with Crippen molar-refractivity contribution in [2.45, 2.75) is 26.3 Å². The molecule has 1 rings (SSSR count). The van der Waals surface area contributed by atoms with Crippen LogP contribution in [0.3, 0.4) is 0 Å². The molecule has 1 fully saturated rings. The molecule has 2 N–H and O–H groups in total. The largest absolute Gasteiger partial charge is 0.383 e. The van der Waals surface area contributed by atoms with Crippen LogP contribution in [-0.4, -0.2) is 62.7 Å². The predicted octanol–water partition coefficient (Wildman–Crippen LogP) is -0.404. The Bertz CT molecular complexity index is 300. The molecule has 1 aliphatic rings. The molecule has 0 radical (unpaired) electrons. The normalized spacial score (nSPS) is 18.0. The molecule has 0 saturated carbocycles. The van der Waals surface area contributed by atoms with Crippen LogP contribution in [0, 0.1) is 5.92 Å². The van der Waals surface area contributed by atoms with Crippen LogP contribution in [0.15, 0.2) is 0 Å². The zero-order chi connectivity index (χ0) is 14.3. The lowest BCUT2D eigenvalue weighted by molar-refractivity contribution is -0.146. The van der Waals surface area contributed by atoms with Crippen molar-refractivity contribution in [1.29, 1.82) is 0 Å². The van der Waals surface area contributed by atoms with E-state index in [1.54, 1.807) is 12.0 Å². The molecule has 1 atom stereocenters. The summed E-state index contributed by atoms with van der Waals surface area (Å²) in [5.74, 6) is -0.745. The summed E-state index contributed by atoms with van der Waals surface area (Å²) in [7, 11) is 1.59. The quantitative estimate of drug-likeness (QED) is 0.682. The van der Waals surface area contributed by atoms with Gasteiger partial charge in [0.15, 0.2) is 0 Å². The fraction of sp³-hybridized carbons (Fsp3) is 0.846. The van der Waals surface area contributed by atoms with Gasteiger partial charge < -0.3 is 20.3 Å². The van der Waals surface area contributed by atoms with Gasteiger partial charge in [0.2, 0.25) is 0 Å². The average Bonchev–Trinajstić information content (AvgIpc) is 2.65. The Balaban J connectivity index is 2.52. The second-order valence-corrected chi connectivity index (χ2v) is 5.18. The average molecular weight is 271 g/mol. The van der Waals surface area contributed by atoms with Gasteiger partial charge in [0, 0.05) is 26.7 Å². The highest BCUT2D eigenvalue weighted by atomic mass is 16.5. The molecule has 6 heteroatoms. The van der Waals surface area contributed by atoms with Crippen LogP contribution in [0.4, 0.5) is 0 Å². The first-order chi connectivity index (χ1) is 9.06. The summed E-state index contributed by atoms with van der Waals surface area (Å²) in [6, 6.07) is -0.133. The SMILES string of the molecule is COCC(NC(=O)C(=O)N1CCCNCC1)C(C)C. The molecule has 110 valence electrons. The fourth-order valence-electron chi connectivity index (χ4n) is 2.00. The monoisotopic (exact) mass is 271 g/mol. The van der Waals surface area contributed by atoms with Crippen LogP contribution in [0.2, 0.25) is 0 Å². The maximum absolute atomic E-state index is 12.1. The van der Waals surface area contributed by atoms with Crippen LogP contribution < -0.4 is 10.6 Å². The maximum Gasteiger partial charge on any atom is 0.311 e. The van der Waals surface area contributed by atoms with Crippen LogP contribution >= 0.6 is 0 Å². The number of hydrogen-bond acceptors (Lipinski definition) is 4. The molecule has 1 saturated heterocycles. The van der Waals surface area contributed by atoms with E-state index in [1.807, 2.05) is 13.8 Å². The topological polar surface area (TPSA) is 70.7 Å². The lowest BCUT2D eigenvalue weighted by Crippen LogP contribution is -2.50. The number of rotatable bonds is 4. The van der Waals surface area contributed by atoms with Gasteiger partial charge in [-0.15, -0.1) is 0 Å². The molecule has 0 aromatic carbocycles. The lowest BCUT2D eigenvalue weighted by Gasteiger charge is -2.24. The number of carbonyl (C=O) groups excluding carboxylic acids is 2. The van der Waals surface area contributed by atoms with Crippen LogP contribution in [0.5, 0.6) is 0 Å². The first-order valence-corrected chi connectivity index (χ1v) is 6.85. The van der Waals surface area contributed by atoms with Gasteiger partial charge in [-0.2, -0.15) is 0 Å². The molecule has 0 bridgehead atoms. The lowest BCUT2D eigenvalue weighted by atomic mass is 10.1. The van der Waals surface area contributed by atoms with E-state index in [4.69, 9.17) is 4.74 Å². The minimum atomic E-state index is -0.530. The molecule has 1 heterocycles. The van der Waals surface area contributed by atoms with Crippen LogP contribution in [-0.2, 0) is 14.3 Å². The summed E-state index contributed by atoms with van der Waals surface area (Å²) in [5.41, 5.74) is 0. The van der Waals surface area contributed by atoms with Crippen molar-refractivity contribution in [3.8, 4) is 0 Å². The van der Waals surface area contributed by atoms with Gasteiger partial charge in [-0.3, -0.25) is 9.59 Å². The highest BCUT2D eigenvalue weighted by Gasteiger charge is 2.25. The summed E-state index contributed by atoms with van der Waals surface area (Å²) in [6.07, 6.45) is 0.880. The molecule has 0 aromatic heterocycles. The summed E-state index contributed by atoms with van der Waals surface area (Å²) in [4.78, 5) is 25.6. The van der Waals surface area contributed by atoms with Crippen molar-refractivity contribution in [2.75, 3.05) is 39.9 Å². The first kappa shape index (κ1) is 15.9. The van der Waals surface area contributed by atoms with Gasteiger partial charge in [0.25, 0.3) is 0 Å². The number of methoxy groups -OCH3 is 1. The van der Waals surface area contributed by atoms with Crippen LogP contribution in [0.1, 0.15) is 20.3 Å². The van der Waals surface area contributed by atoms with Gasteiger partial charge in [0.1, 0.15) is 0 Å². The minimum Gasteiger partial charge on any atom is -0.383 e. The highest BCUT2D eigenvalue weighted by molar-refractivity contribution is 6.35. The molecular weight excluding hydrogens is 246 g/mol. The Morgan fingerprint density at radius 1 is 1.32 bits per heavy atom. The van der Waals surface area contributed by atoms with E-state index in [9.17, 15) is 9.59 Å². The predicted molar refractivity (Wildman–Crippen MR) is 72.7 cm³/mol. The number of amides is 2. The van der Waals surface area contributed by atoms with Crippen molar-refractivity contribution in [2.24, 2.45) is 5.92 Å². The standard InChI is InChI=1S/C13H25N3O3/c1-10(2)11(9-19-3)15-12(17)13(18)16-7-4-5-14-6-8-16/h10-11,14H,4-9H2,1-3H3,(H,15,17). The minimum absolute atomic E-state index is 0.133. The van der Waals surface area contributed by atoms with Gasteiger partial charge in [-0.25, -0.2) is 0 Å². The van der Waals surface area contributed by atoms with Gasteiger partial charge >= 0.3 is 11.8 Å². The molecular formula is C13H25N3O3. The van der Waals surface area contributed by atoms with E-state index in [-0.39, 0.29) is 12.0 Å². The third kappa shape index (κ3) is 5.16. The number of nitrogens with one attached hydrogen (secondary N) is 2. The molecule has 2 amide bonds. The summed E-state index contributed by atoms with van der Waals surface area (Å²) < 4.78 is 5.06. The molecule has 1 aliphatic heterocycles. The Kier molecular flexibility index (Phi) is 6.80. The molecule has 6 nitrogen and oxygen atoms in total. The van der Waals surface area contributed by atoms with Gasteiger partial charge in [-0.05, 0) is 18.9 Å². The second-order valence-electron chi connectivity index (χ2n) is 5.18. The summed E-state index contributed by atoms with van der Waals surface area (Å²) in [6.45, 7) is 7.25. The van der Waals surface area contributed by atoms with Crippen molar-refractivity contribution in [3.63, 3.8) is 0 Å². The second kappa shape index (κ2) is 8.12. The van der Waals surface area contributed by atoms with E-state index >= 15 is 0 Å². The van der Waals surface area contributed by atoms with Crippen molar-refractivity contribution in [1.82, 2.24) is 15.5 Å². The van der Waals surface area contributed by atoms with E-state index in [1.165, 1.54) is 0 Å². The van der Waals surface area contributed by atoms with Crippen molar-refractivity contribution < 1.29 is 14.3 Å². The molecule has 1 unspecified atom stereocenters. The Hall–Kier alpha value is -1.14. The van der Waals surface area contributed by atoms with E-state index < -0.39 is 11.8 Å². The number of nitrogens with zero attached hydrogens (tertiary/aromatic N) is 1. The van der Waals surface area contributed by atoms with Gasteiger partial charge in [0.05, 0.1) is 12.6 Å². The Morgan fingerprint density at radius 3 is 2.68 bits per heavy atom. The van der Waals surface area contributed by atoms with E-state index in [0.29, 0.717) is 19.7 Å². The van der Waals surface area contributed by atoms with Crippen molar-refractivity contribution >= 4 is 11.8 Å². The Morgan fingerprint density at radius 2 is 2.05 bits per heavy atom. The molecule has 0 aliphatic carbocycles. The number of hydrogen-bond donors (Lipinski definition) is 2. The molecule has 19 heavy (non-hydrogen) atoms. The van der Waals surface area contributed by atoms with E-state index in [2.05, 4.69) is 10.6 Å². The zero-order valence-corrected chi connectivity index (χ0v) is 12.1. The Labute approximate surface area is 114 Å². The highest BCUT2D eigenvalue weighted by Crippen LogP contribution is 2.03. The van der Waals surface area contributed by atoms with Gasteiger partial charge in [-0.1, -0.05) is 13.8 Å².